The number of carbonyl (C=O) groups is 1. The molecule has 0 saturated heterocycles. The van der Waals surface area contributed by atoms with Gasteiger partial charge in [0.25, 0.3) is 5.79 Å². The van der Waals surface area contributed by atoms with Gasteiger partial charge in [-0.25, -0.2) is 4.79 Å². The van der Waals surface area contributed by atoms with Crippen LogP contribution in [0.15, 0.2) is 0 Å². The quantitative estimate of drug-likeness (QED) is 0.238. The zero-order valence-corrected chi connectivity index (χ0v) is 16.6. The van der Waals surface area contributed by atoms with Crippen LogP contribution in [0.1, 0.15) is 110 Å². The molecule has 0 spiro atoms. The van der Waals surface area contributed by atoms with E-state index in [1.807, 2.05) is 6.92 Å². The number of unbranched alkanes of at least 4 members (excludes halogenated alkanes) is 13. The average molecular weight is 362 g/mol. The topological polar surface area (TPSA) is 104 Å². The molecule has 0 atom stereocenters. The molecule has 0 aromatic rings. The summed E-state index contributed by atoms with van der Waals surface area (Å²) in [5.74, 6) is -4.10. The van der Waals surface area contributed by atoms with Gasteiger partial charge in [-0.05, 0) is 13.0 Å². The molecule has 0 unspecified atom stereocenters. The number of nitrogens with two attached hydrogens (primary N) is 1. The molecule has 0 saturated carbocycles. The summed E-state index contributed by atoms with van der Waals surface area (Å²) in [6, 6.07) is 0. The third-order valence-corrected chi connectivity index (χ3v) is 4.22. The van der Waals surface area contributed by atoms with Gasteiger partial charge in [-0.15, -0.1) is 0 Å². The summed E-state index contributed by atoms with van der Waals surface area (Å²) < 4.78 is 0. The van der Waals surface area contributed by atoms with Gasteiger partial charge in [0.1, 0.15) is 0 Å². The summed E-state index contributed by atoms with van der Waals surface area (Å²) >= 11 is 0. The molecular formula is C20H43NO4. The molecule has 0 radical (unpaired) electrons. The minimum Gasteiger partial charge on any atom is -0.477 e. The zero-order valence-electron chi connectivity index (χ0n) is 16.6. The molecule has 0 aliphatic rings. The predicted molar refractivity (Wildman–Crippen MR) is 104 cm³/mol. The fourth-order valence-corrected chi connectivity index (χ4v) is 2.67. The highest BCUT2D eigenvalue weighted by atomic mass is 16.5. The molecule has 25 heavy (non-hydrogen) atoms. The molecule has 0 aromatic heterocycles. The maximum absolute atomic E-state index is 10.5. The number of hydrogen-bond acceptors (Lipinski definition) is 4. The first-order chi connectivity index (χ1) is 11.9. The van der Waals surface area contributed by atoms with Crippen molar-refractivity contribution in [2.24, 2.45) is 5.73 Å². The van der Waals surface area contributed by atoms with E-state index in [1.54, 1.807) is 0 Å². The van der Waals surface area contributed by atoms with Crippen LogP contribution in [0.5, 0.6) is 0 Å². The monoisotopic (exact) mass is 361 g/mol. The van der Waals surface area contributed by atoms with E-state index >= 15 is 0 Å². The Bertz CT molecular complexity index is 283. The van der Waals surface area contributed by atoms with Crippen molar-refractivity contribution in [2.75, 3.05) is 6.54 Å². The lowest BCUT2D eigenvalue weighted by atomic mass is 10.0. The van der Waals surface area contributed by atoms with Crippen molar-refractivity contribution in [3.8, 4) is 0 Å². The molecule has 0 bridgehead atoms. The van der Waals surface area contributed by atoms with E-state index < -0.39 is 11.8 Å². The summed E-state index contributed by atoms with van der Waals surface area (Å²) in [6.45, 7) is 4.90. The van der Waals surface area contributed by atoms with Gasteiger partial charge < -0.3 is 21.1 Å². The van der Waals surface area contributed by atoms with Crippen molar-refractivity contribution in [2.45, 2.75) is 116 Å². The Labute approximate surface area is 155 Å². The maximum Gasteiger partial charge on any atom is 0.364 e. The largest absolute Gasteiger partial charge is 0.477 e. The van der Waals surface area contributed by atoms with Crippen LogP contribution in [-0.4, -0.2) is 33.6 Å². The standard InChI is InChI=1S/C18H36O4.C2H7N/c1-2-3-4-5-6-7-8-9-10-11-12-13-14-15-16-18(21,22)17(19)20;1-2-3/h21-22H,2-16H2,1H3,(H,19,20);2-3H2,1H3. The normalized spacial score (nSPS) is 11.1. The van der Waals surface area contributed by atoms with E-state index in [0.29, 0.717) is 6.42 Å². The fourth-order valence-electron chi connectivity index (χ4n) is 2.67. The third-order valence-electron chi connectivity index (χ3n) is 4.22. The molecule has 0 aliphatic heterocycles. The second kappa shape index (κ2) is 19.7. The maximum atomic E-state index is 10.5. The van der Waals surface area contributed by atoms with E-state index in [4.69, 9.17) is 21.1 Å². The summed E-state index contributed by atoms with van der Waals surface area (Å²) in [7, 11) is 0. The number of aliphatic hydroxyl groups is 2. The zero-order chi connectivity index (χ0) is 19.4. The predicted octanol–water partition coefficient (Wildman–Crippen LogP) is 4.59. The van der Waals surface area contributed by atoms with Crippen LogP contribution in [0.4, 0.5) is 0 Å². The number of carboxylic acids is 1. The summed E-state index contributed by atoms with van der Waals surface area (Å²) in [4.78, 5) is 10.5. The first-order valence-electron chi connectivity index (χ1n) is 10.3. The Hall–Kier alpha value is -0.650. The molecule has 0 heterocycles. The minimum absolute atomic E-state index is 0.0830. The van der Waals surface area contributed by atoms with Crippen LogP contribution in [0.2, 0.25) is 0 Å². The van der Waals surface area contributed by atoms with Crippen molar-refractivity contribution in [3.63, 3.8) is 0 Å². The Balaban J connectivity index is 0. The molecule has 0 fully saturated rings. The Morgan fingerprint density at radius 2 is 1.00 bits per heavy atom. The highest BCUT2D eigenvalue weighted by Gasteiger charge is 2.31. The third kappa shape index (κ3) is 21.3. The first-order valence-corrected chi connectivity index (χ1v) is 10.3. The van der Waals surface area contributed by atoms with Crippen LogP contribution in [0.25, 0.3) is 0 Å². The lowest BCUT2D eigenvalue weighted by molar-refractivity contribution is -0.205. The molecular weight excluding hydrogens is 318 g/mol. The van der Waals surface area contributed by atoms with Crippen LogP contribution < -0.4 is 5.73 Å². The van der Waals surface area contributed by atoms with Gasteiger partial charge in [0.15, 0.2) is 0 Å². The van der Waals surface area contributed by atoms with Crippen molar-refractivity contribution in [1.82, 2.24) is 0 Å². The highest BCUT2D eigenvalue weighted by molar-refractivity contribution is 5.74. The van der Waals surface area contributed by atoms with Gasteiger partial charge in [0.2, 0.25) is 0 Å². The summed E-state index contributed by atoms with van der Waals surface area (Å²) in [6.07, 6.45) is 17.0. The van der Waals surface area contributed by atoms with E-state index in [0.717, 1.165) is 25.8 Å². The van der Waals surface area contributed by atoms with E-state index in [9.17, 15) is 4.79 Å². The highest BCUT2D eigenvalue weighted by Crippen LogP contribution is 2.15. The molecule has 5 nitrogen and oxygen atoms in total. The SMILES string of the molecule is CCCCCCCCCCCCCCCCC(O)(O)C(=O)O.CCN. The van der Waals surface area contributed by atoms with Crippen molar-refractivity contribution in [1.29, 1.82) is 0 Å². The van der Waals surface area contributed by atoms with Gasteiger partial charge in [0.05, 0.1) is 0 Å². The number of aliphatic carboxylic acids is 1. The van der Waals surface area contributed by atoms with Crippen molar-refractivity contribution >= 4 is 5.97 Å². The van der Waals surface area contributed by atoms with Crippen LogP contribution in [0.3, 0.4) is 0 Å². The molecule has 152 valence electrons. The molecule has 0 aromatic carbocycles. The van der Waals surface area contributed by atoms with Crippen LogP contribution >= 0.6 is 0 Å². The van der Waals surface area contributed by atoms with Crippen LogP contribution in [-0.2, 0) is 4.79 Å². The van der Waals surface area contributed by atoms with E-state index in [2.05, 4.69) is 6.92 Å². The van der Waals surface area contributed by atoms with Crippen LogP contribution in [0, 0.1) is 0 Å². The number of carboxylic acid groups (broad SMARTS) is 1. The smallest absolute Gasteiger partial charge is 0.364 e. The summed E-state index contributed by atoms with van der Waals surface area (Å²) in [5.41, 5.74) is 4.85. The fraction of sp³-hybridized carbons (Fsp3) is 0.950. The van der Waals surface area contributed by atoms with Gasteiger partial charge >= 0.3 is 5.97 Å². The number of rotatable bonds is 16. The molecule has 0 aliphatic carbocycles. The van der Waals surface area contributed by atoms with Gasteiger partial charge in [-0.2, -0.15) is 0 Å². The second-order valence-corrected chi connectivity index (χ2v) is 6.88. The molecule has 0 rings (SSSR count). The first kappa shape index (κ1) is 26.6. The molecule has 0 amide bonds. The Morgan fingerprint density at radius 3 is 1.28 bits per heavy atom. The Kier molecular flexibility index (Phi) is 20.9. The van der Waals surface area contributed by atoms with E-state index in [-0.39, 0.29) is 6.42 Å². The number of hydrogen-bond donors (Lipinski definition) is 4. The van der Waals surface area contributed by atoms with Crippen molar-refractivity contribution < 1.29 is 20.1 Å². The Morgan fingerprint density at radius 1 is 0.720 bits per heavy atom. The van der Waals surface area contributed by atoms with Gasteiger partial charge in [0, 0.05) is 6.42 Å². The minimum atomic E-state index is -2.54. The van der Waals surface area contributed by atoms with Crippen molar-refractivity contribution in [3.05, 3.63) is 0 Å². The van der Waals surface area contributed by atoms with Gasteiger partial charge in [-0.1, -0.05) is 97.3 Å². The second-order valence-electron chi connectivity index (χ2n) is 6.88. The molecule has 5 N–H and O–H groups in total. The summed E-state index contributed by atoms with van der Waals surface area (Å²) in [5, 5.41) is 26.8. The lowest BCUT2D eigenvalue weighted by Crippen LogP contribution is -2.37. The molecule has 5 heteroatoms. The average Bonchev–Trinajstić information content (AvgIpc) is 2.55. The lowest BCUT2D eigenvalue weighted by Gasteiger charge is -2.15. The van der Waals surface area contributed by atoms with E-state index in [1.165, 1.54) is 64.2 Å². The van der Waals surface area contributed by atoms with Gasteiger partial charge in [-0.3, -0.25) is 0 Å².